The van der Waals surface area contributed by atoms with Crippen LogP contribution in [0.5, 0.6) is 0 Å². The van der Waals surface area contributed by atoms with Crippen LogP contribution >= 0.6 is 0 Å². The van der Waals surface area contributed by atoms with Gasteiger partial charge in [0.05, 0.1) is 0 Å². The van der Waals surface area contributed by atoms with Gasteiger partial charge in [-0.2, -0.15) is 0 Å². The normalized spacial score (nSPS) is 16.6. The molecule has 3 nitrogen and oxygen atoms in total. The Labute approximate surface area is 131 Å². The lowest BCUT2D eigenvalue weighted by molar-refractivity contribution is -0.755. The zero-order valence-electron chi connectivity index (χ0n) is 11.7. The summed E-state index contributed by atoms with van der Waals surface area (Å²) in [5.74, 6) is 1.11. The maximum absolute atomic E-state index is 4.51. The first-order valence-electron chi connectivity index (χ1n) is 7.01. The van der Waals surface area contributed by atoms with Gasteiger partial charge in [0.1, 0.15) is 5.69 Å². The number of nitrogens with zero attached hydrogens (tertiary/aromatic N) is 2. The molecule has 3 rings (SSSR count). The Balaban J connectivity index is 0.00000147. The number of halogens is 1. The van der Waals surface area contributed by atoms with Crippen molar-refractivity contribution in [3.63, 3.8) is 0 Å². The average Bonchev–Trinajstić information content (AvgIpc) is 2.85. The topological polar surface area (TPSA) is 20.6 Å². The van der Waals surface area contributed by atoms with Crippen molar-refractivity contribution >= 4 is 17.2 Å². The van der Waals surface area contributed by atoms with Gasteiger partial charge in [0, 0.05) is 24.9 Å². The van der Waals surface area contributed by atoms with Crippen LogP contribution in [0.3, 0.4) is 0 Å². The molecule has 1 aliphatic rings. The third-order valence-electron chi connectivity index (χ3n) is 3.67. The zero-order valence-corrected chi connectivity index (χ0v) is 13.3. The third kappa shape index (κ3) is 2.86. The summed E-state index contributed by atoms with van der Waals surface area (Å²) in [6.45, 7) is 4.35. The van der Waals surface area contributed by atoms with Gasteiger partial charge >= 0.3 is 0 Å². The monoisotopic (exact) mass is 333 g/mol. The maximum Gasteiger partial charge on any atom is 0.232 e. The predicted octanol–water partition coefficient (Wildman–Crippen LogP) is -0.489. The van der Waals surface area contributed by atoms with Gasteiger partial charge in [-0.3, -0.25) is 0 Å². The summed E-state index contributed by atoms with van der Waals surface area (Å²) < 4.78 is 0. The number of fused-ring (bicyclic) bond motifs is 1. The standard InChI is InChI=1S/C16H19N3.BrH/c1-2-3-12-18-13-19(16-10-6-7-11-17-16)15-9-5-4-8-14(15)18;/h4-11H,2-3,12-13H2,1H3;1H. The van der Waals surface area contributed by atoms with Crippen LogP contribution in [0, 0.1) is 0 Å². The van der Waals surface area contributed by atoms with E-state index < -0.39 is 0 Å². The minimum Gasteiger partial charge on any atom is -1.00 e. The van der Waals surface area contributed by atoms with Crippen LogP contribution in [-0.4, -0.2) is 18.2 Å². The Bertz CT molecular complexity index is 544. The molecule has 1 aromatic heterocycles. The molecule has 2 aromatic rings. The van der Waals surface area contributed by atoms with Crippen LogP contribution in [0.4, 0.5) is 17.2 Å². The van der Waals surface area contributed by atoms with Crippen molar-refractivity contribution in [1.29, 1.82) is 0 Å². The number of anilines is 1. The highest BCUT2D eigenvalue weighted by Crippen LogP contribution is 2.27. The van der Waals surface area contributed by atoms with E-state index in [1.165, 1.54) is 29.1 Å². The number of quaternary nitrogens is 1. The lowest BCUT2D eigenvalue weighted by atomic mass is 10.2. The molecule has 0 radical (unpaired) electrons. The fourth-order valence-electron chi connectivity index (χ4n) is 2.67. The van der Waals surface area contributed by atoms with Crippen molar-refractivity contribution in [3.05, 3.63) is 48.7 Å². The number of nitrogens with one attached hydrogen (secondary N) is 1. The first kappa shape index (κ1) is 15.0. The van der Waals surface area contributed by atoms with E-state index in [0.29, 0.717) is 0 Å². The van der Waals surface area contributed by atoms with Crippen molar-refractivity contribution in [3.8, 4) is 0 Å². The van der Waals surface area contributed by atoms with E-state index in [4.69, 9.17) is 0 Å². The molecule has 0 saturated carbocycles. The van der Waals surface area contributed by atoms with E-state index in [0.717, 1.165) is 19.0 Å². The molecule has 0 amide bonds. The molecule has 1 aromatic carbocycles. The van der Waals surface area contributed by atoms with E-state index in [1.54, 1.807) is 0 Å². The number of rotatable bonds is 4. The number of para-hydroxylation sites is 2. The maximum atomic E-state index is 4.51. The van der Waals surface area contributed by atoms with Gasteiger partial charge in [0.25, 0.3) is 0 Å². The van der Waals surface area contributed by atoms with E-state index in [1.807, 2.05) is 12.3 Å². The summed E-state index contributed by atoms with van der Waals surface area (Å²) in [4.78, 5) is 8.34. The lowest BCUT2D eigenvalue weighted by Crippen LogP contribution is -3.02. The summed E-state index contributed by atoms with van der Waals surface area (Å²) >= 11 is 0. The van der Waals surface area contributed by atoms with Gasteiger partial charge in [0.2, 0.25) is 5.82 Å². The van der Waals surface area contributed by atoms with Crippen molar-refractivity contribution in [1.82, 2.24) is 4.98 Å². The number of aromatic nitrogens is 1. The number of hydrogen-bond acceptors (Lipinski definition) is 2. The molecular formula is C16H20BrN3. The largest absolute Gasteiger partial charge is 1.00 e. The summed E-state index contributed by atoms with van der Waals surface area (Å²) in [6.07, 6.45) is 4.35. The number of hydrogen-bond donors (Lipinski definition) is 1. The second-order valence-corrected chi connectivity index (χ2v) is 4.99. The highest BCUT2D eigenvalue weighted by molar-refractivity contribution is 5.66. The molecule has 0 aliphatic carbocycles. The van der Waals surface area contributed by atoms with Crippen LogP contribution in [0.15, 0.2) is 48.7 Å². The van der Waals surface area contributed by atoms with Crippen LogP contribution < -0.4 is 26.8 Å². The molecule has 4 heteroatoms. The Kier molecular flexibility index (Phi) is 5.15. The Hall–Kier alpha value is -1.39. The second kappa shape index (κ2) is 6.86. The molecule has 1 N–H and O–H groups in total. The predicted molar refractivity (Wildman–Crippen MR) is 78.1 cm³/mol. The summed E-state index contributed by atoms with van der Waals surface area (Å²) in [6, 6.07) is 14.8. The fraction of sp³-hybridized carbons (Fsp3) is 0.312. The smallest absolute Gasteiger partial charge is 0.232 e. The van der Waals surface area contributed by atoms with Crippen LogP contribution in [0.1, 0.15) is 19.8 Å². The first-order chi connectivity index (χ1) is 9.40. The number of unbranched alkanes of at least 4 members (excludes halogenated alkanes) is 1. The summed E-state index contributed by atoms with van der Waals surface area (Å²) in [7, 11) is 0. The molecule has 0 spiro atoms. The zero-order chi connectivity index (χ0) is 13.1. The highest BCUT2D eigenvalue weighted by atomic mass is 79.9. The van der Waals surface area contributed by atoms with Gasteiger partial charge in [-0.25, -0.2) is 9.88 Å². The minimum atomic E-state index is 0. The Morgan fingerprint density at radius 1 is 1.15 bits per heavy atom. The van der Waals surface area contributed by atoms with E-state index in [-0.39, 0.29) is 17.0 Å². The van der Waals surface area contributed by atoms with Gasteiger partial charge in [-0.15, -0.1) is 0 Å². The molecule has 1 unspecified atom stereocenters. The van der Waals surface area contributed by atoms with Gasteiger partial charge in [-0.1, -0.05) is 31.5 Å². The van der Waals surface area contributed by atoms with Crippen LogP contribution in [0.25, 0.3) is 0 Å². The molecule has 0 saturated heterocycles. The highest BCUT2D eigenvalue weighted by Gasteiger charge is 2.31. The molecule has 0 bridgehead atoms. The van der Waals surface area contributed by atoms with Gasteiger partial charge in [-0.05, 0) is 18.6 Å². The first-order valence-corrected chi connectivity index (χ1v) is 7.01. The minimum absolute atomic E-state index is 0. The molecule has 20 heavy (non-hydrogen) atoms. The van der Waals surface area contributed by atoms with Crippen molar-refractivity contribution in [2.45, 2.75) is 19.8 Å². The van der Waals surface area contributed by atoms with Gasteiger partial charge in [0.15, 0.2) is 12.4 Å². The Morgan fingerprint density at radius 3 is 2.70 bits per heavy atom. The summed E-state index contributed by atoms with van der Waals surface area (Å²) in [5, 5.41) is 0. The molecule has 1 atom stereocenters. The number of pyridine rings is 1. The van der Waals surface area contributed by atoms with Crippen molar-refractivity contribution < 1.29 is 21.9 Å². The molecule has 0 fully saturated rings. The molecule has 1 aliphatic heterocycles. The quantitative estimate of drug-likeness (QED) is 0.815. The van der Waals surface area contributed by atoms with Gasteiger partial charge < -0.3 is 21.9 Å². The SMILES string of the molecule is CCCCN1C[NH+](c2ccccn2)c2ccccc21.[Br-]. The number of benzene rings is 1. The van der Waals surface area contributed by atoms with E-state index >= 15 is 0 Å². The third-order valence-corrected chi connectivity index (χ3v) is 3.67. The molecule has 2 heterocycles. The lowest BCUT2D eigenvalue weighted by Gasteiger charge is -2.16. The summed E-state index contributed by atoms with van der Waals surface area (Å²) in [5.41, 5.74) is 2.70. The van der Waals surface area contributed by atoms with E-state index in [9.17, 15) is 0 Å². The van der Waals surface area contributed by atoms with Crippen molar-refractivity contribution in [2.75, 3.05) is 18.1 Å². The van der Waals surface area contributed by atoms with Crippen LogP contribution in [0.2, 0.25) is 0 Å². The second-order valence-electron chi connectivity index (χ2n) is 4.99. The van der Waals surface area contributed by atoms with Crippen molar-refractivity contribution in [2.24, 2.45) is 0 Å². The Morgan fingerprint density at radius 2 is 1.95 bits per heavy atom. The molecular weight excluding hydrogens is 314 g/mol. The molecule has 106 valence electrons. The van der Waals surface area contributed by atoms with E-state index in [2.05, 4.69) is 53.2 Å². The average molecular weight is 334 g/mol. The van der Waals surface area contributed by atoms with Crippen LogP contribution in [-0.2, 0) is 0 Å². The fourth-order valence-corrected chi connectivity index (χ4v) is 2.67.